The summed E-state index contributed by atoms with van der Waals surface area (Å²) in [6, 6.07) is 0.652. The molecule has 0 amide bonds. The molecule has 84 valence electrons. The van der Waals surface area contributed by atoms with Gasteiger partial charge in [-0.3, -0.25) is 9.80 Å². The van der Waals surface area contributed by atoms with Gasteiger partial charge in [0.15, 0.2) is 0 Å². The average Bonchev–Trinajstić information content (AvgIpc) is 2.02. The van der Waals surface area contributed by atoms with E-state index in [2.05, 4.69) is 23.6 Å². The molecule has 0 unspecified atom stereocenters. The highest BCUT2D eigenvalue weighted by atomic mass is 16.3. The van der Waals surface area contributed by atoms with Crippen LogP contribution < -0.4 is 0 Å². The molecule has 0 aliphatic carbocycles. The molecule has 1 rings (SSSR count). The maximum atomic E-state index is 9.69. The second-order valence-corrected chi connectivity index (χ2v) is 5.22. The van der Waals surface area contributed by atoms with Crippen LogP contribution in [0.25, 0.3) is 0 Å². The van der Waals surface area contributed by atoms with Crippen LogP contribution in [-0.2, 0) is 0 Å². The van der Waals surface area contributed by atoms with Crippen LogP contribution in [0.4, 0.5) is 0 Å². The second kappa shape index (κ2) is 4.60. The van der Waals surface area contributed by atoms with Crippen molar-refractivity contribution in [2.45, 2.75) is 39.3 Å². The van der Waals surface area contributed by atoms with E-state index in [1.165, 1.54) is 0 Å². The predicted octanol–water partition coefficient (Wildman–Crippen LogP) is 0.783. The van der Waals surface area contributed by atoms with Gasteiger partial charge >= 0.3 is 0 Å². The van der Waals surface area contributed by atoms with Crippen LogP contribution in [0.15, 0.2) is 0 Å². The van der Waals surface area contributed by atoms with E-state index < -0.39 is 5.60 Å². The van der Waals surface area contributed by atoms with Crippen LogP contribution in [0, 0.1) is 0 Å². The molecule has 0 bridgehead atoms. The van der Waals surface area contributed by atoms with E-state index in [0.29, 0.717) is 6.04 Å². The Balaban J connectivity index is 2.29. The molecule has 14 heavy (non-hydrogen) atoms. The summed E-state index contributed by atoms with van der Waals surface area (Å²) >= 11 is 0. The van der Waals surface area contributed by atoms with Crippen molar-refractivity contribution >= 4 is 0 Å². The number of hydrogen-bond acceptors (Lipinski definition) is 3. The molecule has 0 radical (unpaired) electrons. The van der Waals surface area contributed by atoms with Gasteiger partial charge < -0.3 is 5.11 Å². The molecular formula is C11H24N2O. The summed E-state index contributed by atoms with van der Waals surface area (Å²) in [5, 5.41) is 9.69. The normalized spacial score (nSPS) is 21.9. The van der Waals surface area contributed by atoms with E-state index in [4.69, 9.17) is 0 Å². The standard InChI is InChI=1S/C11H24N2O/c1-10(2)13-7-5-12(6-8-13)9-11(3,4)14/h10,14H,5-9H2,1-4H3. The highest BCUT2D eigenvalue weighted by Crippen LogP contribution is 2.10. The Labute approximate surface area is 87.7 Å². The molecule has 3 heteroatoms. The fraction of sp³-hybridized carbons (Fsp3) is 1.00. The maximum absolute atomic E-state index is 9.69. The van der Waals surface area contributed by atoms with Gasteiger partial charge in [0.25, 0.3) is 0 Å². The highest BCUT2D eigenvalue weighted by molar-refractivity contribution is 4.78. The van der Waals surface area contributed by atoms with Gasteiger partial charge in [-0.1, -0.05) is 0 Å². The van der Waals surface area contributed by atoms with Gasteiger partial charge in [-0.25, -0.2) is 0 Å². The Kier molecular flexibility index (Phi) is 3.93. The van der Waals surface area contributed by atoms with Crippen molar-refractivity contribution in [3.8, 4) is 0 Å². The zero-order valence-corrected chi connectivity index (χ0v) is 9.95. The number of piperazine rings is 1. The molecule has 0 aromatic rings. The topological polar surface area (TPSA) is 26.7 Å². The van der Waals surface area contributed by atoms with E-state index >= 15 is 0 Å². The van der Waals surface area contributed by atoms with Gasteiger partial charge in [-0.05, 0) is 27.7 Å². The van der Waals surface area contributed by atoms with E-state index in [9.17, 15) is 5.11 Å². The number of rotatable bonds is 3. The Morgan fingerprint density at radius 1 is 1.14 bits per heavy atom. The monoisotopic (exact) mass is 200 g/mol. The van der Waals surface area contributed by atoms with Crippen molar-refractivity contribution in [1.82, 2.24) is 9.80 Å². The first-order valence-electron chi connectivity index (χ1n) is 5.57. The van der Waals surface area contributed by atoms with Crippen LogP contribution in [0.5, 0.6) is 0 Å². The second-order valence-electron chi connectivity index (χ2n) is 5.22. The molecule has 1 saturated heterocycles. The number of aliphatic hydroxyl groups is 1. The van der Waals surface area contributed by atoms with Crippen LogP contribution in [0.1, 0.15) is 27.7 Å². The lowest BCUT2D eigenvalue weighted by molar-refractivity contribution is 0.0135. The van der Waals surface area contributed by atoms with Crippen LogP contribution in [0.2, 0.25) is 0 Å². The van der Waals surface area contributed by atoms with E-state index in [0.717, 1.165) is 32.7 Å². The summed E-state index contributed by atoms with van der Waals surface area (Å²) in [5.41, 5.74) is -0.556. The lowest BCUT2D eigenvalue weighted by atomic mass is 10.1. The summed E-state index contributed by atoms with van der Waals surface area (Å²) < 4.78 is 0. The van der Waals surface area contributed by atoms with E-state index in [-0.39, 0.29) is 0 Å². The first-order valence-corrected chi connectivity index (χ1v) is 5.57. The third kappa shape index (κ3) is 3.95. The van der Waals surface area contributed by atoms with Crippen molar-refractivity contribution in [3.05, 3.63) is 0 Å². The highest BCUT2D eigenvalue weighted by Gasteiger charge is 2.23. The molecule has 0 spiro atoms. The quantitative estimate of drug-likeness (QED) is 0.729. The van der Waals surface area contributed by atoms with E-state index in [1.807, 2.05) is 13.8 Å². The molecule has 0 aromatic carbocycles. The van der Waals surface area contributed by atoms with Crippen molar-refractivity contribution in [2.24, 2.45) is 0 Å². The molecular weight excluding hydrogens is 176 g/mol. The van der Waals surface area contributed by atoms with Crippen molar-refractivity contribution in [1.29, 1.82) is 0 Å². The first-order chi connectivity index (χ1) is 6.38. The molecule has 1 heterocycles. The van der Waals surface area contributed by atoms with Gasteiger partial charge in [0, 0.05) is 38.8 Å². The van der Waals surface area contributed by atoms with Gasteiger partial charge in [-0.2, -0.15) is 0 Å². The Morgan fingerprint density at radius 2 is 1.64 bits per heavy atom. The minimum Gasteiger partial charge on any atom is -0.389 e. The SMILES string of the molecule is CC(C)N1CCN(CC(C)(C)O)CC1. The molecule has 1 N–H and O–H groups in total. The van der Waals surface area contributed by atoms with Crippen molar-refractivity contribution in [2.75, 3.05) is 32.7 Å². The Hall–Kier alpha value is -0.120. The maximum Gasteiger partial charge on any atom is 0.0718 e. The minimum atomic E-state index is -0.556. The number of hydrogen-bond donors (Lipinski definition) is 1. The molecule has 0 aromatic heterocycles. The summed E-state index contributed by atoms with van der Waals surface area (Å²) in [7, 11) is 0. The van der Waals surface area contributed by atoms with Gasteiger partial charge in [0.05, 0.1) is 5.60 Å². The first kappa shape index (κ1) is 12.0. The zero-order chi connectivity index (χ0) is 10.8. The summed E-state index contributed by atoms with van der Waals surface area (Å²) in [6.45, 7) is 13.5. The van der Waals surface area contributed by atoms with E-state index in [1.54, 1.807) is 0 Å². The fourth-order valence-corrected chi connectivity index (χ4v) is 1.99. The fourth-order valence-electron chi connectivity index (χ4n) is 1.99. The Morgan fingerprint density at radius 3 is 2.00 bits per heavy atom. The molecule has 1 fully saturated rings. The number of β-amino-alcohol motifs (C(OH)–C–C–N with tert-alkyl or cyclic N) is 1. The van der Waals surface area contributed by atoms with Crippen LogP contribution in [-0.4, -0.2) is 59.3 Å². The van der Waals surface area contributed by atoms with Crippen molar-refractivity contribution in [3.63, 3.8) is 0 Å². The van der Waals surface area contributed by atoms with Gasteiger partial charge in [0.1, 0.15) is 0 Å². The molecule has 1 aliphatic heterocycles. The molecule has 3 nitrogen and oxygen atoms in total. The lowest BCUT2D eigenvalue weighted by Crippen LogP contribution is -2.52. The van der Waals surface area contributed by atoms with Crippen LogP contribution in [0.3, 0.4) is 0 Å². The molecule has 1 aliphatic rings. The third-order valence-electron chi connectivity index (χ3n) is 2.75. The molecule has 0 saturated carbocycles. The summed E-state index contributed by atoms with van der Waals surface area (Å²) in [5.74, 6) is 0. The summed E-state index contributed by atoms with van der Waals surface area (Å²) in [4.78, 5) is 4.83. The number of nitrogens with zero attached hydrogens (tertiary/aromatic N) is 2. The van der Waals surface area contributed by atoms with Gasteiger partial charge in [0.2, 0.25) is 0 Å². The summed E-state index contributed by atoms with van der Waals surface area (Å²) in [6.07, 6.45) is 0. The third-order valence-corrected chi connectivity index (χ3v) is 2.75. The average molecular weight is 200 g/mol. The molecule has 0 atom stereocenters. The zero-order valence-electron chi connectivity index (χ0n) is 9.95. The minimum absolute atomic E-state index is 0.556. The predicted molar refractivity (Wildman–Crippen MR) is 59.4 cm³/mol. The smallest absolute Gasteiger partial charge is 0.0718 e. The van der Waals surface area contributed by atoms with Gasteiger partial charge in [-0.15, -0.1) is 0 Å². The lowest BCUT2D eigenvalue weighted by Gasteiger charge is -2.38. The Bertz CT molecular complexity index is 167. The largest absolute Gasteiger partial charge is 0.389 e. The van der Waals surface area contributed by atoms with Crippen LogP contribution >= 0.6 is 0 Å². The van der Waals surface area contributed by atoms with Crippen molar-refractivity contribution < 1.29 is 5.11 Å².